The lowest BCUT2D eigenvalue weighted by Crippen LogP contribution is -2.13. The molecule has 7 heteroatoms. The molecule has 0 atom stereocenters. The summed E-state index contributed by atoms with van der Waals surface area (Å²) in [4.78, 5) is 1.41. The third kappa shape index (κ3) is 3.15. The number of hydrogen-bond donors (Lipinski definition) is 2. The number of rotatable bonds is 4. The molecule has 0 amide bonds. The van der Waals surface area contributed by atoms with E-state index in [9.17, 15) is 8.42 Å². The van der Waals surface area contributed by atoms with Gasteiger partial charge in [0.2, 0.25) is 0 Å². The molecule has 4 nitrogen and oxygen atoms in total. The van der Waals surface area contributed by atoms with Gasteiger partial charge in [0.05, 0.1) is 17.3 Å². The minimum atomic E-state index is -3.71. The van der Waals surface area contributed by atoms with E-state index in [4.69, 9.17) is 16.7 Å². The highest BCUT2D eigenvalue weighted by Crippen LogP contribution is 2.30. The molecule has 0 aliphatic rings. The van der Waals surface area contributed by atoms with Crippen LogP contribution >= 0.6 is 22.9 Å². The summed E-state index contributed by atoms with van der Waals surface area (Å²) in [5.41, 5.74) is 1.26. The Labute approximate surface area is 127 Å². The van der Waals surface area contributed by atoms with Crippen molar-refractivity contribution in [3.63, 3.8) is 0 Å². The zero-order valence-corrected chi connectivity index (χ0v) is 13.4. The first-order valence-corrected chi connectivity index (χ1v) is 8.50. The van der Waals surface area contributed by atoms with Gasteiger partial charge >= 0.3 is 0 Å². The van der Waals surface area contributed by atoms with E-state index in [2.05, 4.69) is 4.72 Å². The number of aliphatic hydroxyl groups is 1. The molecule has 2 aromatic rings. The fraction of sp³-hybridized carbons (Fsp3) is 0.231. The number of anilines is 1. The van der Waals surface area contributed by atoms with E-state index in [1.54, 1.807) is 25.1 Å². The minimum Gasteiger partial charge on any atom is -0.391 e. The molecule has 1 heterocycles. The Hall–Kier alpha value is -1.08. The minimum absolute atomic E-state index is 0.170. The second kappa shape index (κ2) is 5.73. The fourth-order valence-corrected chi connectivity index (χ4v) is 4.57. The molecule has 20 heavy (non-hydrogen) atoms. The smallest absolute Gasteiger partial charge is 0.263 e. The van der Waals surface area contributed by atoms with Crippen LogP contribution in [0.4, 0.5) is 5.69 Å². The molecular weight excluding hydrogens is 318 g/mol. The van der Waals surface area contributed by atoms with E-state index in [0.29, 0.717) is 20.5 Å². The van der Waals surface area contributed by atoms with E-state index in [1.807, 2.05) is 6.92 Å². The number of benzene rings is 1. The summed E-state index contributed by atoms with van der Waals surface area (Å²) in [5, 5.41) is 9.43. The second-order valence-electron chi connectivity index (χ2n) is 4.38. The highest BCUT2D eigenvalue weighted by molar-refractivity contribution is 7.93. The van der Waals surface area contributed by atoms with Crippen molar-refractivity contribution in [2.45, 2.75) is 25.3 Å². The first-order valence-electron chi connectivity index (χ1n) is 5.82. The lowest BCUT2D eigenvalue weighted by molar-refractivity contribution is 0.285. The monoisotopic (exact) mass is 331 g/mol. The molecule has 0 radical (unpaired) electrons. The van der Waals surface area contributed by atoms with Crippen LogP contribution in [0.5, 0.6) is 0 Å². The Balaban J connectivity index is 2.40. The molecule has 1 aromatic heterocycles. The SMILES string of the molecule is Cc1ccc(Cl)c(NS(=O)(=O)c2cc(CO)sc2C)c1. The average molecular weight is 332 g/mol. The summed E-state index contributed by atoms with van der Waals surface area (Å²) in [7, 11) is -3.71. The van der Waals surface area contributed by atoms with Gasteiger partial charge in [-0.15, -0.1) is 11.3 Å². The molecule has 0 saturated heterocycles. The second-order valence-corrected chi connectivity index (χ2v) is 7.78. The highest BCUT2D eigenvalue weighted by atomic mass is 35.5. The molecule has 0 saturated carbocycles. The van der Waals surface area contributed by atoms with Gasteiger partial charge in [-0.2, -0.15) is 0 Å². The Morgan fingerprint density at radius 1 is 1.30 bits per heavy atom. The van der Waals surface area contributed by atoms with Crippen LogP contribution in [-0.4, -0.2) is 13.5 Å². The van der Waals surface area contributed by atoms with Crippen LogP contribution in [0.1, 0.15) is 15.3 Å². The van der Waals surface area contributed by atoms with Gasteiger partial charge in [-0.3, -0.25) is 4.72 Å². The van der Waals surface area contributed by atoms with Crippen LogP contribution < -0.4 is 4.72 Å². The molecule has 108 valence electrons. The lowest BCUT2D eigenvalue weighted by Gasteiger charge is -2.10. The molecule has 0 spiro atoms. The maximum absolute atomic E-state index is 12.4. The van der Waals surface area contributed by atoms with Gasteiger partial charge in [-0.05, 0) is 37.6 Å². The van der Waals surface area contributed by atoms with Crippen molar-refractivity contribution < 1.29 is 13.5 Å². The third-order valence-electron chi connectivity index (χ3n) is 2.73. The van der Waals surface area contributed by atoms with Gasteiger partial charge in [-0.25, -0.2) is 8.42 Å². The number of hydrogen-bond acceptors (Lipinski definition) is 4. The Morgan fingerprint density at radius 3 is 2.60 bits per heavy atom. The van der Waals surface area contributed by atoms with Crippen molar-refractivity contribution in [2.24, 2.45) is 0 Å². The number of thiophene rings is 1. The van der Waals surface area contributed by atoms with Crippen molar-refractivity contribution in [3.05, 3.63) is 44.6 Å². The molecule has 0 fully saturated rings. The normalized spacial score (nSPS) is 11.6. The Bertz CT molecular complexity index is 738. The van der Waals surface area contributed by atoms with Crippen LogP contribution in [0.25, 0.3) is 0 Å². The molecule has 0 unspecified atom stereocenters. The standard InChI is InChI=1S/C13H14ClNO3S2/c1-8-3-4-11(14)12(5-8)15-20(17,18)13-6-10(7-16)19-9(13)2/h3-6,15-16H,7H2,1-2H3. The predicted octanol–water partition coefficient (Wildman–Crippen LogP) is 3.31. The van der Waals surface area contributed by atoms with E-state index in [-0.39, 0.29) is 11.5 Å². The highest BCUT2D eigenvalue weighted by Gasteiger charge is 2.21. The molecule has 0 aliphatic carbocycles. The van der Waals surface area contributed by atoms with Gasteiger partial charge in [-0.1, -0.05) is 17.7 Å². The molecule has 2 rings (SSSR count). The van der Waals surface area contributed by atoms with E-state index < -0.39 is 10.0 Å². The number of aryl methyl sites for hydroxylation is 2. The number of halogens is 1. The zero-order chi connectivity index (χ0) is 14.9. The summed E-state index contributed by atoms with van der Waals surface area (Å²) >= 11 is 7.25. The molecular formula is C13H14ClNO3S2. The molecule has 2 N–H and O–H groups in total. The van der Waals surface area contributed by atoms with Gasteiger partial charge in [0.15, 0.2) is 0 Å². The quantitative estimate of drug-likeness (QED) is 0.903. The van der Waals surface area contributed by atoms with E-state index in [0.717, 1.165) is 5.56 Å². The number of nitrogens with one attached hydrogen (secondary N) is 1. The summed E-state index contributed by atoms with van der Waals surface area (Å²) in [6.45, 7) is 3.39. The van der Waals surface area contributed by atoms with Gasteiger partial charge in [0, 0.05) is 9.75 Å². The largest absolute Gasteiger partial charge is 0.391 e. The zero-order valence-electron chi connectivity index (χ0n) is 11.0. The number of aliphatic hydroxyl groups excluding tert-OH is 1. The molecule has 1 aromatic carbocycles. The topological polar surface area (TPSA) is 66.4 Å². The van der Waals surface area contributed by atoms with Crippen molar-refractivity contribution in [1.82, 2.24) is 0 Å². The van der Waals surface area contributed by atoms with Gasteiger partial charge in [0.25, 0.3) is 10.0 Å². The van der Waals surface area contributed by atoms with E-state index in [1.165, 1.54) is 17.4 Å². The lowest BCUT2D eigenvalue weighted by atomic mass is 10.2. The first-order chi connectivity index (χ1) is 9.33. The van der Waals surface area contributed by atoms with Crippen LogP contribution in [0.2, 0.25) is 5.02 Å². The van der Waals surface area contributed by atoms with Crippen molar-refractivity contribution >= 4 is 38.6 Å². The molecule has 0 bridgehead atoms. The summed E-state index contributed by atoms with van der Waals surface area (Å²) in [6, 6.07) is 6.61. The summed E-state index contributed by atoms with van der Waals surface area (Å²) < 4.78 is 27.2. The van der Waals surface area contributed by atoms with Crippen LogP contribution in [0, 0.1) is 13.8 Å². The number of sulfonamides is 1. The van der Waals surface area contributed by atoms with Crippen LogP contribution in [0.15, 0.2) is 29.2 Å². The fourth-order valence-electron chi connectivity index (χ4n) is 1.79. The summed E-state index contributed by atoms with van der Waals surface area (Å²) in [5.74, 6) is 0. The Kier molecular flexibility index (Phi) is 4.39. The maximum atomic E-state index is 12.4. The van der Waals surface area contributed by atoms with Gasteiger partial charge < -0.3 is 5.11 Å². The van der Waals surface area contributed by atoms with Crippen LogP contribution in [-0.2, 0) is 16.6 Å². The summed E-state index contributed by atoms with van der Waals surface area (Å²) in [6.07, 6.45) is 0. The third-order valence-corrected chi connectivity index (χ3v) is 5.72. The first kappa shape index (κ1) is 15.3. The predicted molar refractivity (Wildman–Crippen MR) is 82.0 cm³/mol. The average Bonchev–Trinajstić information content (AvgIpc) is 2.76. The van der Waals surface area contributed by atoms with Crippen molar-refractivity contribution in [2.75, 3.05) is 4.72 Å². The Morgan fingerprint density at radius 2 is 2.00 bits per heavy atom. The van der Waals surface area contributed by atoms with Crippen LogP contribution in [0.3, 0.4) is 0 Å². The van der Waals surface area contributed by atoms with Crippen molar-refractivity contribution in [3.8, 4) is 0 Å². The van der Waals surface area contributed by atoms with E-state index >= 15 is 0 Å². The van der Waals surface area contributed by atoms with Crippen molar-refractivity contribution in [1.29, 1.82) is 0 Å². The van der Waals surface area contributed by atoms with Gasteiger partial charge in [0.1, 0.15) is 4.90 Å². The maximum Gasteiger partial charge on any atom is 0.263 e. The molecule has 0 aliphatic heterocycles.